The van der Waals surface area contributed by atoms with Gasteiger partial charge in [-0.3, -0.25) is 4.79 Å². The molecule has 0 N–H and O–H groups in total. The second-order valence-corrected chi connectivity index (χ2v) is 7.95. The third-order valence-electron chi connectivity index (χ3n) is 6.84. The maximum absolute atomic E-state index is 12.6. The Morgan fingerprint density at radius 2 is 1.89 bits per heavy atom. The number of Topliss-reactive ketones (excluding diaryl/α,β-unsaturated/α-hetero) is 1. The molecular formula is C23H29N3O. The highest BCUT2D eigenvalue weighted by Crippen LogP contribution is 2.54. The maximum Gasteiger partial charge on any atom is 0.225 e. The summed E-state index contributed by atoms with van der Waals surface area (Å²) in [6.07, 6.45) is 5.52. The molecule has 27 heavy (non-hydrogen) atoms. The normalized spacial score (nSPS) is 27.0. The van der Waals surface area contributed by atoms with Crippen molar-refractivity contribution in [1.82, 2.24) is 9.97 Å². The first-order valence-corrected chi connectivity index (χ1v) is 10.3. The Morgan fingerprint density at radius 3 is 2.59 bits per heavy atom. The number of nitrogens with zero attached hydrogens (tertiary/aromatic N) is 3. The van der Waals surface area contributed by atoms with Crippen molar-refractivity contribution < 1.29 is 4.79 Å². The largest absolute Gasteiger partial charge is 0.341 e. The lowest BCUT2D eigenvalue weighted by molar-refractivity contribution is -0.128. The molecule has 0 amide bonds. The molecule has 3 atom stereocenters. The first-order chi connectivity index (χ1) is 13.1. The zero-order chi connectivity index (χ0) is 19.0. The number of hydrogen-bond acceptors (Lipinski definition) is 4. The fourth-order valence-corrected chi connectivity index (χ4v) is 5.34. The maximum atomic E-state index is 12.6. The van der Waals surface area contributed by atoms with Crippen LogP contribution in [0.2, 0.25) is 0 Å². The summed E-state index contributed by atoms with van der Waals surface area (Å²) < 4.78 is 0. The van der Waals surface area contributed by atoms with Crippen LogP contribution in [0.15, 0.2) is 36.5 Å². The summed E-state index contributed by atoms with van der Waals surface area (Å²) in [4.78, 5) is 24.6. The predicted molar refractivity (Wildman–Crippen MR) is 108 cm³/mol. The summed E-state index contributed by atoms with van der Waals surface area (Å²) in [5.41, 5.74) is 3.56. The summed E-state index contributed by atoms with van der Waals surface area (Å²) in [5, 5.41) is 0. The second kappa shape index (κ2) is 7.06. The van der Waals surface area contributed by atoms with Crippen LogP contribution in [-0.4, -0.2) is 28.8 Å². The van der Waals surface area contributed by atoms with E-state index in [2.05, 4.69) is 61.0 Å². The molecule has 2 aliphatic rings. The second-order valence-electron chi connectivity index (χ2n) is 7.95. The van der Waals surface area contributed by atoms with E-state index in [9.17, 15) is 4.79 Å². The van der Waals surface area contributed by atoms with E-state index in [1.54, 1.807) is 0 Å². The van der Waals surface area contributed by atoms with Crippen LogP contribution in [0.4, 0.5) is 5.95 Å². The Morgan fingerprint density at radius 1 is 1.15 bits per heavy atom. The Labute approximate surface area is 162 Å². The number of anilines is 1. The lowest BCUT2D eigenvalue weighted by Crippen LogP contribution is -2.50. The van der Waals surface area contributed by atoms with Crippen molar-refractivity contribution >= 4 is 11.7 Å². The molecular weight excluding hydrogens is 334 g/mol. The van der Waals surface area contributed by atoms with Gasteiger partial charge in [-0.2, -0.15) is 0 Å². The molecule has 0 bridgehead atoms. The van der Waals surface area contributed by atoms with Gasteiger partial charge in [0, 0.05) is 37.0 Å². The Bertz CT molecular complexity index is 831. The fourth-order valence-electron chi connectivity index (χ4n) is 5.34. The first-order valence-electron chi connectivity index (χ1n) is 10.3. The van der Waals surface area contributed by atoms with E-state index < -0.39 is 0 Å². The van der Waals surface area contributed by atoms with Crippen molar-refractivity contribution in [3.63, 3.8) is 0 Å². The molecule has 1 aromatic carbocycles. The summed E-state index contributed by atoms with van der Waals surface area (Å²) in [6, 6.07) is 10.7. The topological polar surface area (TPSA) is 46.1 Å². The zero-order valence-electron chi connectivity index (χ0n) is 16.6. The zero-order valence-corrected chi connectivity index (χ0v) is 16.6. The van der Waals surface area contributed by atoms with Crippen molar-refractivity contribution in [3.8, 4) is 0 Å². The van der Waals surface area contributed by atoms with E-state index in [1.165, 1.54) is 16.8 Å². The predicted octanol–water partition coefficient (Wildman–Crippen LogP) is 4.17. The van der Waals surface area contributed by atoms with Gasteiger partial charge in [0.15, 0.2) is 0 Å². The minimum atomic E-state index is -0.174. The van der Waals surface area contributed by atoms with Gasteiger partial charge in [-0.05, 0) is 50.2 Å². The number of aromatic nitrogens is 2. The SMILES string of the molecule is CCN(CC)c1ncc2c(n1)[C@@]1(c3ccccc3)CCC(=O)[C@@H](C)[C@@H]1CC2. The minimum absolute atomic E-state index is 0.0824. The van der Waals surface area contributed by atoms with Gasteiger partial charge >= 0.3 is 0 Å². The van der Waals surface area contributed by atoms with E-state index in [1.807, 2.05) is 6.20 Å². The molecule has 2 aromatic rings. The van der Waals surface area contributed by atoms with Crippen molar-refractivity contribution in [2.24, 2.45) is 11.8 Å². The van der Waals surface area contributed by atoms with Gasteiger partial charge in [-0.25, -0.2) is 9.97 Å². The van der Waals surface area contributed by atoms with Crippen LogP contribution in [0.25, 0.3) is 0 Å². The highest BCUT2D eigenvalue weighted by atomic mass is 16.1. The molecule has 1 aromatic heterocycles. The van der Waals surface area contributed by atoms with Crippen LogP contribution in [0.3, 0.4) is 0 Å². The number of aryl methyl sites for hydroxylation is 1. The molecule has 0 spiro atoms. The monoisotopic (exact) mass is 363 g/mol. The standard InChI is InChI=1S/C23H29N3O/c1-4-26(5-2)22-24-15-17-11-12-19-16(3)20(27)13-14-23(19,21(17)25-22)18-9-7-6-8-10-18/h6-10,15-16,19H,4-5,11-14H2,1-3H3/t16-,19-,23+/m0/s1. The van der Waals surface area contributed by atoms with Gasteiger partial charge in [0.2, 0.25) is 5.95 Å². The average Bonchev–Trinajstić information content (AvgIpc) is 2.72. The molecule has 2 aliphatic carbocycles. The van der Waals surface area contributed by atoms with Gasteiger partial charge in [0.1, 0.15) is 5.78 Å². The molecule has 1 saturated carbocycles. The number of carbonyl (C=O) groups excluding carboxylic acids is 1. The molecule has 0 unspecified atom stereocenters. The summed E-state index contributed by atoms with van der Waals surface area (Å²) >= 11 is 0. The van der Waals surface area contributed by atoms with E-state index in [-0.39, 0.29) is 11.3 Å². The van der Waals surface area contributed by atoms with Crippen LogP contribution in [0.1, 0.15) is 56.9 Å². The number of rotatable bonds is 4. The lowest BCUT2D eigenvalue weighted by atomic mass is 9.53. The van der Waals surface area contributed by atoms with E-state index in [0.29, 0.717) is 18.1 Å². The lowest BCUT2D eigenvalue weighted by Gasteiger charge is -2.50. The van der Waals surface area contributed by atoms with Crippen LogP contribution in [0, 0.1) is 11.8 Å². The summed E-state index contributed by atoms with van der Waals surface area (Å²) in [7, 11) is 0. The molecule has 4 rings (SSSR count). The number of hydrogen-bond donors (Lipinski definition) is 0. The number of carbonyl (C=O) groups is 1. The van der Waals surface area contributed by atoms with Crippen LogP contribution in [-0.2, 0) is 16.6 Å². The summed E-state index contributed by atoms with van der Waals surface area (Å²) in [5.74, 6) is 1.62. The molecule has 4 nitrogen and oxygen atoms in total. The van der Waals surface area contributed by atoms with Crippen molar-refractivity contribution in [2.45, 2.75) is 51.9 Å². The quantitative estimate of drug-likeness (QED) is 0.818. The van der Waals surface area contributed by atoms with Crippen molar-refractivity contribution in [3.05, 3.63) is 53.3 Å². The third-order valence-corrected chi connectivity index (χ3v) is 6.84. The van der Waals surface area contributed by atoms with Gasteiger partial charge in [0.05, 0.1) is 5.69 Å². The highest BCUT2D eigenvalue weighted by Gasteiger charge is 2.53. The molecule has 4 heteroatoms. The molecule has 1 heterocycles. The van der Waals surface area contributed by atoms with Gasteiger partial charge in [-0.1, -0.05) is 37.3 Å². The molecule has 1 fully saturated rings. The molecule has 0 radical (unpaired) electrons. The molecule has 0 aliphatic heterocycles. The number of ketones is 1. The minimum Gasteiger partial charge on any atom is -0.341 e. The van der Waals surface area contributed by atoms with Gasteiger partial charge < -0.3 is 4.90 Å². The average molecular weight is 364 g/mol. The Balaban J connectivity index is 1.93. The van der Waals surface area contributed by atoms with Crippen LogP contribution >= 0.6 is 0 Å². The Hall–Kier alpha value is -2.23. The number of benzene rings is 1. The van der Waals surface area contributed by atoms with E-state index in [0.717, 1.165) is 38.3 Å². The Kier molecular flexibility index (Phi) is 4.75. The first kappa shape index (κ1) is 18.1. The van der Waals surface area contributed by atoms with Crippen LogP contribution < -0.4 is 4.90 Å². The third kappa shape index (κ3) is 2.77. The fraction of sp³-hybridized carbons (Fsp3) is 0.522. The smallest absolute Gasteiger partial charge is 0.225 e. The molecule has 142 valence electrons. The van der Waals surface area contributed by atoms with Gasteiger partial charge in [0.25, 0.3) is 0 Å². The van der Waals surface area contributed by atoms with Crippen LogP contribution in [0.5, 0.6) is 0 Å². The van der Waals surface area contributed by atoms with Crippen molar-refractivity contribution in [2.75, 3.05) is 18.0 Å². The van der Waals surface area contributed by atoms with E-state index in [4.69, 9.17) is 4.98 Å². The van der Waals surface area contributed by atoms with Gasteiger partial charge in [-0.15, -0.1) is 0 Å². The highest BCUT2D eigenvalue weighted by molar-refractivity contribution is 5.83. The number of fused-ring (bicyclic) bond motifs is 3. The molecule has 0 saturated heterocycles. The van der Waals surface area contributed by atoms with Crippen molar-refractivity contribution in [1.29, 1.82) is 0 Å². The van der Waals surface area contributed by atoms with E-state index >= 15 is 0 Å². The summed E-state index contributed by atoms with van der Waals surface area (Å²) in [6.45, 7) is 8.20.